The zero-order chi connectivity index (χ0) is 10.7. The second-order valence-electron chi connectivity index (χ2n) is 3.37. The molecule has 1 aliphatic rings. The number of hydrogen-bond acceptors (Lipinski definition) is 2. The lowest BCUT2D eigenvalue weighted by atomic mass is 9.95. The van der Waals surface area contributed by atoms with E-state index in [1.165, 1.54) is 0 Å². The van der Waals surface area contributed by atoms with Crippen LogP contribution in [0.1, 0.15) is 23.7 Å². The van der Waals surface area contributed by atoms with E-state index in [0.717, 1.165) is 17.8 Å². The first-order chi connectivity index (χ1) is 7.35. The molecule has 3 nitrogen and oxygen atoms in total. The molecular formula is C12H11N3. The van der Waals surface area contributed by atoms with E-state index >= 15 is 0 Å². The van der Waals surface area contributed by atoms with Crippen LogP contribution < -0.4 is 0 Å². The van der Waals surface area contributed by atoms with Crippen molar-refractivity contribution in [1.29, 1.82) is 5.26 Å². The van der Waals surface area contributed by atoms with Crippen molar-refractivity contribution in [1.82, 2.24) is 4.98 Å². The lowest BCUT2D eigenvalue weighted by Gasteiger charge is -2.13. The Morgan fingerprint density at radius 1 is 1.60 bits per heavy atom. The number of rotatable bonds is 2. The van der Waals surface area contributed by atoms with Crippen LogP contribution in [0.2, 0.25) is 0 Å². The average molecular weight is 197 g/mol. The number of aromatic amines is 1. The quantitative estimate of drug-likeness (QED) is 0.778. The van der Waals surface area contributed by atoms with Crippen LogP contribution in [0, 0.1) is 11.3 Å². The summed E-state index contributed by atoms with van der Waals surface area (Å²) in [5, 5.41) is 8.94. The largest absolute Gasteiger partial charge is 0.358 e. The maximum absolute atomic E-state index is 8.94. The molecular weight excluding hydrogens is 186 g/mol. The Balaban J connectivity index is 2.32. The van der Waals surface area contributed by atoms with Gasteiger partial charge in [0.2, 0.25) is 0 Å². The van der Waals surface area contributed by atoms with Crippen molar-refractivity contribution in [3.63, 3.8) is 0 Å². The first-order valence-corrected chi connectivity index (χ1v) is 4.79. The number of H-pyrrole nitrogens is 1. The number of allylic oxidation sites excluding steroid dienone is 1. The molecule has 3 heteroatoms. The number of aromatic nitrogens is 1. The van der Waals surface area contributed by atoms with Gasteiger partial charge in [0.15, 0.2) is 0 Å². The molecule has 1 atom stereocenters. The van der Waals surface area contributed by atoms with Gasteiger partial charge in [-0.1, -0.05) is 12.7 Å². The smallest absolute Gasteiger partial charge is 0.126 e. The molecule has 1 aromatic rings. The van der Waals surface area contributed by atoms with Crippen LogP contribution in [0.4, 0.5) is 0 Å². The van der Waals surface area contributed by atoms with Crippen molar-refractivity contribution in [2.75, 3.05) is 0 Å². The normalized spacial score (nSPS) is 19.4. The molecule has 0 bridgehead atoms. The Hall–Kier alpha value is -2.08. The van der Waals surface area contributed by atoms with Crippen LogP contribution in [-0.4, -0.2) is 10.7 Å². The van der Waals surface area contributed by atoms with Crippen LogP contribution in [0.3, 0.4) is 0 Å². The second-order valence-corrected chi connectivity index (χ2v) is 3.37. The minimum Gasteiger partial charge on any atom is -0.358 e. The summed E-state index contributed by atoms with van der Waals surface area (Å²) in [6, 6.07) is 6.07. The molecule has 15 heavy (non-hydrogen) atoms. The van der Waals surface area contributed by atoms with E-state index in [-0.39, 0.29) is 5.92 Å². The Bertz CT molecular complexity index is 471. The third kappa shape index (κ3) is 1.75. The Kier molecular flexibility index (Phi) is 2.51. The lowest BCUT2D eigenvalue weighted by molar-refractivity contribution is 0.862. The topological polar surface area (TPSA) is 51.9 Å². The number of nitrogens with one attached hydrogen (secondary N) is 1. The zero-order valence-electron chi connectivity index (χ0n) is 8.27. The van der Waals surface area contributed by atoms with Gasteiger partial charge in [0.25, 0.3) is 0 Å². The Labute approximate surface area is 88.5 Å². The number of aliphatic imine (C=N–C) groups is 1. The molecule has 0 saturated heterocycles. The van der Waals surface area contributed by atoms with Gasteiger partial charge in [-0.05, 0) is 24.6 Å². The first-order valence-electron chi connectivity index (χ1n) is 4.79. The van der Waals surface area contributed by atoms with Gasteiger partial charge in [-0.2, -0.15) is 5.26 Å². The van der Waals surface area contributed by atoms with Crippen LogP contribution in [0.25, 0.3) is 6.08 Å². The summed E-state index contributed by atoms with van der Waals surface area (Å²) in [4.78, 5) is 7.28. The summed E-state index contributed by atoms with van der Waals surface area (Å²) >= 11 is 0. The SMILES string of the molecule is C=Cc1ccc(C2CC=CN=C2C#N)[nH]1. The highest BCUT2D eigenvalue weighted by Gasteiger charge is 2.20. The molecule has 74 valence electrons. The van der Waals surface area contributed by atoms with E-state index in [0.29, 0.717) is 5.71 Å². The van der Waals surface area contributed by atoms with Crippen molar-refractivity contribution >= 4 is 11.8 Å². The van der Waals surface area contributed by atoms with E-state index in [4.69, 9.17) is 5.26 Å². The maximum atomic E-state index is 8.94. The zero-order valence-corrected chi connectivity index (χ0v) is 8.27. The van der Waals surface area contributed by atoms with Crippen molar-refractivity contribution in [2.45, 2.75) is 12.3 Å². The van der Waals surface area contributed by atoms with E-state index in [1.807, 2.05) is 18.2 Å². The second kappa shape index (κ2) is 3.97. The van der Waals surface area contributed by atoms with E-state index < -0.39 is 0 Å². The third-order valence-electron chi connectivity index (χ3n) is 2.46. The fourth-order valence-electron chi connectivity index (χ4n) is 1.66. The van der Waals surface area contributed by atoms with Crippen LogP contribution >= 0.6 is 0 Å². The Morgan fingerprint density at radius 3 is 3.13 bits per heavy atom. The first kappa shape index (κ1) is 9.47. The van der Waals surface area contributed by atoms with Crippen molar-refractivity contribution in [3.05, 3.63) is 42.4 Å². The van der Waals surface area contributed by atoms with Gasteiger partial charge in [0.1, 0.15) is 11.8 Å². The van der Waals surface area contributed by atoms with Gasteiger partial charge >= 0.3 is 0 Å². The molecule has 1 aliphatic heterocycles. The summed E-state index contributed by atoms with van der Waals surface area (Å²) in [6.45, 7) is 3.69. The molecule has 1 unspecified atom stereocenters. The molecule has 0 radical (unpaired) electrons. The molecule has 0 spiro atoms. The maximum Gasteiger partial charge on any atom is 0.126 e. The van der Waals surface area contributed by atoms with Gasteiger partial charge in [-0.3, -0.25) is 0 Å². The van der Waals surface area contributed by atoms with Crippen molar-refractivity contribution in [3.8, 4) is 6.07 Å². The summed E-state index contributed by atoms with van der Waals surface area (Å²) in [7, 11) is 0. The molecule has 1 aromatic heterocycles. The predicted molar refractivity (Wildman–Crippen MR) is 60.4 cm³/mol. The molecule has 0 fully saturated rings. The van der Waals surface area contributed by atoms with Crippen LogP contribution in [0.15, 0.2) is 36.0 Å². The predicted octanol–water partition coefficient (Wildman–Crippen LogP) is 2.62. The van der Waals surface area contributed by atoms with Gasteiger partial charge in [0.05, 0.1) is 5.92 Å². The summed E-state index contributed by atoms with van der Waals surface area (Å²) in [6.07, 6.45) is 6.24. The lowest BCUT2D eigenvalue weighted by Crippen LogP contribution is -2.12. The van der Waals surface area contributed by atoms with Gasteiger partial charge in [-0.15, -0.1) is 0 Å². The van der Waals surface area contributed by atoms with Crippen molar-refractivity contribution < 1.29 is 0 Å². The Morgan fingerprint density at radius 2 is 2.47 bits per heavy atom. The van der Waals surface area contributed by atoms with E-state index in [2.05, 4.69) is 22.6 Å². The van der Waals surface area contributed by atoms with Gasteiger partial charge in [-0.25, -0.2) is 4.99 Å². The number of hydrogen-bond donors (Lipinski definition) is 1. The summed E-state index contributed by atoms with van der Waals surface area (Å²) < 4.78 is 0. The fourth-order valence-corrected chi connectivity index (χ4v) is 1.66. The minimum atomic E-state index is 0.0636. The number of nitrogens with zero attached hydrogens (tertiary/aromatic N) is 2. The van der Waals surface area contributed by atoms with E-state index in [1.54, 1.807) is 12.3 Å². The molecule has 1 N–H and O–H groups in total. The molecule has 0 saturated carbocycles. The van der Waals surface area contributed by atoms with E-state index in [9.17, 15) is 0 Å². The molecule has 2 heterocycles. The molecule has 0 aromatic carbocycles. The standard InChI is InChI=1S/C12H11N3/c1-2-9-5-6-11(15-9)10-4-3-7-14-12(10)8-13/h2-3,5-7,10,15H,1,4H2. The van der Waals surface area contributed by atoms with Gasteiger partial charge < -0.3 is 4.98 Å². The monoisotopic (exact) mass is 197 g/mol. The van der Waals surface area contributed by atoms with Crippen LogP contribution in [0.5, 0.6) is 0 Å². The highest BCUT2D eigenvalue weighted by Crippen LogP contribution is 2.24. The third-order valence-corrected chi connectivity index (χ3v) is 2.46. The van der Waals surface area contributed by atoms with Crippen molar-refractivity contribution in [2.24, 2.45) is 4.99 Å². The number of nitriles is 1. The van der Waals surface area contributed by atoms with Gasteiger partial charge in [0, 0.05) is 17.6 Å². The minimum absolute atomic E-state index is 0.0636. The molecule has 2 rings (SSSR count). The summed E-state index contributed by atoms with van der Waals surface area (Å²) in [5.41, 5.74) is 2.56. The fraction of sp³-hybridized carbons (Fsp3) is 0.167. The highest BCUT2D eigenvalue weighted by atomic mass is 14.8. The highest BCUT2D eigenvalue weighted by molar-refractivity contribution is 6.04. The molecule has 0 amide bonds. The average Bonchev–Trinajstić information content (AvgIpc) is 2.77. The molecule has 0 aliphatic carbocycles. The summed E-state index contributed by atoms with van der Waals surface area (Å²) in [5.74, 6) is 0.0636. The van der Waals surface area contributed by atoms with Crippen LogP contribution in [-0.2, 0) is 0 Å².